The minimum Gasteiger partial charge on any atom is -0.394 e. The second-order valence-electron chi connectivity index (χ2n) is 3.83. The molecule has 3 nitrogen and oxygen atoms in total. The summed E-state index contributed by atoms with van der Waals surface area (Å²) in [5.74, 6) is 0. The lowest BCUT2D eigenvalue weighted by Gasteiger charge is -2.22. The van der Waals surface area contributed by atoms with Gasteiger partial charge in [0.15, 0.2) is 0 Å². The maximum absolute atomic E-state index is 9.42. The molecule has 0 unspecified atom stereocenters. The molecule has 0 bridgehead atoms. The third kappa shape index (κ3) is 4.45. The molecule has 0 saturated heterocycles. The Hall–Kier alpha value is -0.680. The molecular weight excluding hydrogens is 222 g/mol. The Morgan fingerprint density at radius 3 is 2.81 bits per heavy atom. The first kappa shape index (κ1) is 13.4. The van der Waals surface area contributed by atoms with Gasteiger partial charge in [0.1, 0.15) is 0 Å². The van der Waals surface area contributed by atoms with Crippen molar-refractivity contribution in [3.63, 3.8) is 0 Å². The zero-order chi connectivity index (χ0) is 12.0. The van der Waals surface area contributed by atoms with E-state index < -0.39 is 6.10 Å². The lowest BCUT2D eigenvalue weighted by atomic mass is 10.3. The van der Waals surface area contributed by atoms with Gasteiger partial charge in [-0.05, 0) is 19.1 Å². The highest BCUT2D eigenvalue weighted by molar-refractivity contribution is 7.11. The van der Waals surface area contributed by atoms with Crippen molar-refractivity contribution in [3.8, 4) is 0 Å². The summed E-state index contributed by atoms with van der Waals surface area (Å²) in [7, 11) is 0. The number of hydrogen-bond acceptors (Lipinski definition) is 4. The Kier molecular flexibility index (Phi) is 5.69. The van der Waals surface area contributed by atoms with Crippen LogP contribution in [0.1, 0.15) is 9.75 Å². The third-order valence-electron chi connectivity index (χ3n) is 2.24. The second kappa shape index (κ2) is 6.81. The van der Waals surface area contributed by atoms with Crippen molar-refractivity contribution in [2.45, 2.75) is 19.6 Å². The van der Waals surface area contributed by atoms with Crippen molar-refractivity contribution >= 4 is 11.3 Å². The molecule has 0 aliphatic rings. The van der Waals surface area contributed by atoms with E-state index in [1.54, 1.807) is 11.3 Å². The molecule has 0 fully saturated rings. The van der Waals surface area contributed by atoms with Crippen molar-refractivity contribution in [1.82, 2.24) is 4.90 Å². The number of nitrogens with zero attached hydrogens (tertiary/aromatic N) is 1. The predicted octanol–water partition coefficient (Wildman–Crippen LogP) is 1.40. The van der Waals surface area contributed by atoms with Crippen molar-refractivity contribution in [2.24, 2.45) is 0 Å². The molecule has 2 N–H and O–H groups in total. The minimum absolute atomic E-state index is 0.197. The third-order valence-corrected chi connectivity index (χ3v) is 3.23. The molecular formula is C12H19NO2S. The summed E-state index contributed by atoms with van der Waals surface area (Å²) in [6, 6.07) is 4.19. The monoisotopic (exact) mass is 241 g/mol. The van der Waals surface area contributed by atoms with Gasteiger partial charge in [-0.15, -0.1) is 17.9 Å². The van der Waals surface area contributed by atoms with E-state index in [0.717, 1.165) is 6.54 Å². The van der Waals surface area contributed by atoms with E-state index in [1.807, 2.05) is 6.08 Å². The quantitative estimate of drug-likeness (QED) is 0.709. The fraction of sp³-hybridized carbons (Fsp3) is 0.500. The lowest BCUT2D eigenvalue weighted by molar-refractivity contribution is 0.0607. The van der Waals surface area contributed by atoms with Gasteiger partial charge >= 0.3 is 0 Å². The molecule has 1 atom stereocenters. The van der Waals surface area contributed by atoms with E-state index in [2.05, 4.69) is 30.5 Å². The van der Waals surface area contributed by atoms with Crippen LogP contribution in [-0.4, -0.2) is 40.9 Å². The number of aryl methyl sites for hydroxylation is 1. The van der Waals surface area contributed by atoms with Gasteiger partial charge in [-0.3, -0.25) is 4.90 Å². The van der Waals surface area contributed by atoms with Crippen molar-refractivity contribution in [1.29, 1.82) is 0 Å². The van der Waals surface area contributed by atoms with Crippen LogP contribution in [0.15, 0.2) is 24.8 Å². The van der Waals surface area contributed by atoms with E-state index in [4.69, 9.17) is 5.11 Å². The first-order valence-electron chi connectivity index (χ1n) is 5.33. The van der Waals surface area contributed by atoms with Gasteiger partial charge in [-0.2, -0.15) is 0 Å². The van der Waals surface area contributed by atoms with E-state index >= 15 is 0 Å². The Balaban J connectivity index is 2.53. The molecule has 0 aliphatic carbocycles. The highest BCUT2D eigenvalue weighted by Gasteiger charge is 2.11. The van der Waals surface area contributed by atoms with Crippen LogP contribution in [-0.2, 0) is 6.54 Å². The Bertz CT molecular complexity index is 325. The van der Waals surface area contributed by atoms with Crippen LogP contribution in [0.3, 0.4) is 0 Å². The first-order valence-corrected chi connectivity index (χ1v) is 6.15. The predicted molar refractivity (Wildman–Crippen MR) is 67.6 cm³/mol. The number of rotatable bonds is 7. The van der Waals surface area contributed by atoms with Gasteiger partial charge in [0.25, 0.3) is 0 Å². The summed E-state index contributed by atoms with van der Waals surface area (Å²) in [5.41, 5.74) is 0. The zero-order valence-corrected chi connectivity index (χ0v) is 10.4. The molecule has 0 radical (unpaired) electrons. The normalized spacial score (nSPS) is 13.0. The molecule has 0 spiro atoms. The van der Waals surface area contributed by atoms with Crippen LogP contribution in [0.4, 0.5) is 0 Å². The van der Waals surface area contributed by atoms with Crippen LogP contribution in [0.5, 0.6) is 0 Å². The summed E-state index contributed by atoms with van der Waals surface area (Å²) < 4.78 is 0. The average Bonchev–Trinajstić information content (AvgIpc) is 2.64. The maximum atomic E-state index is 9.42. The smallest absolute Gasteiger partial charge is 0.0897 e. The van der Waals surface area contributed by atoms with Crippen LogP contribution in [0.2, 0.25) is 0 Å². The molecule has 1 rings (SSSR count). The van der Waals surface area contributed by atoms with Gasteiger partial charge in [0, 0.05) is 29.4 Å². The van der Waals surface area contributed by atoms with Gasteiger partial charge in [0.05, 0.1) is 12.7 Å². The Morgan fingerprint density at radius 2 is 2.31 bits per heavy atom. The van der Waals surface area contributed by atoms with Crippen LogP contribution >= 0.6 is 11.3 Å². The molecule has 16 heavy (non-hydrogen) atoms. The SMILES string of the molecule is C=CCN(Cc1ccc(C)s1)C[C@@H](O)CO. The summed E-state index contributed by atoms with van der Waals surface area (Å²) in [4.78, 5) is 4.62. The number of aliphatic hydroxyl groups excluding tert-OH is 2. The molecule has 90 valence electrons. The summed E-state index contributed by atoms with van der Waals surface area (Å²) in [6.07, 6.45) is 1.13. The second-order valence-corrected chi connectivity index (χ2v) is 5.20. The van der Waals surface area contributed by atoms with E-state index in [0.29, 0.717) is 13.1 Å². The van der Waals surface area contributed by atoms with Crippen LogP contribution < -0.4 is 0 Å². The highest BCUT2D eigenvalue weighted by Crippen LogP contribution is 2.17. The summed E-state index contributed by atoms with van der Waals surface area (Å²) in [5, 5.41) is 18.2. The Labute approximate surface area is 101 Å². The summed E-state index contributed by atoms with van der Waals surface area (Å²) in [6.45, 7) is 7.56. The molecule has 1 heterocycles. The van der Waals surface area contributed by atoms with Gasteiger partial charge in [-0.25, -0.2) is 0 Å². The zero-order valence-electron chi connectivity index (χ0n) is 9.59. The molecule has 0 saturated carbocycles. The fourth-order valence-corrected chi connectivity index (χ4v) is 2.47. The average molecular weight is 241 g/mol. The standard InChI is InChI=1S/C12H19NO2S/c1-3-6-13(7-11(15)9-14)8-12-5-4-10(2)16-12/h3-5,11,14-15H,1,6-9H2,2H3/t11-/m1/s1. The molecule has 1 aromatic heterocycles. The van der Waals surface area contributed by atoms with Crippen molar-refractivity contribution in [3.05, 3.63) is 34.5 Å². The van der Waals surface area contributed by atoms with Crippen molar-refractivity contribution in [2.75, 3.05) is 19.7 Å². The maximum Gasteiger partial charge on any atom is 0.0897 e. The fourth-order valence-electron chi connectivity index (χ4n) is 1.53. The van der Waals surface area contributed by atoms with Crippen LogP contribution in [0.25, 0.3) is 0 Å². The molecule has 0 aromatic carbocycles. The number of hydrogen-bond donors (Lipinski definition) is 2. The van der Waals surface area contributed by atoms with E-state index in [9.17, 15) is 5.11 Å². The first-order chi connectivity index (χ1) is 7.65. The largest absolute Gasteiger partial charge is 0.394 e. The lowest BCUT2D eigenvalue weighted by Crippen LogP contribution is -2.33. The van der Waals surface area contributed by atoms with Gasteiger partial charge < -0.3 is 10.2 Å². The minimum atomic E-state index is -0.680. The molecule has 0 aliphatic heterocycles. The van der Waals surface area contributed by atoms with E-state index in [-0.39, 0.29) is 6.61 Å². The van der Waals surface area contributed by atoms with Crippen LogP contribution in [0, 0.1) is 6.92 Å². The molecule has 1 aromatic rings. The van der Waals surface area contributed by atoms with Gasteiger partial charge in [0.2, 0.25) is 0 Å². The summed E-state index contributed by atoms with van der Waals surface area (Å²) >= 11 is 1.76. The van der Waals surface area contributed by atoms with Crippen molar-refractivity contribution < 1.29 is 10.2 Å². The highest BCUT2D eigenvalue weighted by atomic mass is 32.1. The topological polar surface area (TPSA) is 43.7 Å². The number of thiophene rings is 1. The number of aliphatic hydroxyl groups is 2. The molecule has 0 amide bonds. The Morgan fingerprint density at radius 1 is 1.56 bits per heavy atom. The van der Waals surface area contributed by atoms with Gasteiger partial charge in [-0.1, -0.05) is 6.08 Å². The van der Waals surface area contributed by atoms with E-state index in [1.165, 1.54) is 9.75 Å². The molecule has 4 heteroatoms.